The number of aliphatic hydroxyl groups is 2. The molecule has 1 aliphatic rings. The fraction of sp³-hybridized carbons (Fsp3) is 0.660. The second-order valence-electron chi connectivity index (χ2n) is 19.4. The van der Waals surface area contributed by atoms with Gasteiger partial charge in [0.1, 0.15) is 35.1 Å². The first-order valence-electron chi connectivity index (χ1n) is 24.5. The number of aliphatic hydroxyl groups excluding tert-OH is 1. The van der Waals surface area contributed by atoms with Gasteiger partial charge in [-0.1, -0.05) is 56.3 Å². The van der Waals surface area contributed by atoms with Crippen LogP contribution in [-0.4, -0.2) is 157 Å². The minimum Gasteiger partial charge on any atom is -0.459 e. The molecule has 4 aromatic rings. The lowest BCUT2D eigenvalue weighted by Gasteiger charge is -2.44. The van der Waals surface area contributed by atoms with Gasteiger partial charge < -0.3 is 50.4 Å². The van der Waals surface area contributed by atoms with Gasteiger partial charge in [-0.05, 0) is 117 Å². The van der Waals surface area contributed by atoms with Crippen LogP contribution in [0, 0.1) is 17.8 Å². The van der Waals surface area contributed by atoms with Crippen molar-refractivity contribution < 1.29 is 38.7 Å². The Morgan fingerprint density at radius 3 is 2.35 bits per heavy atom. The Bertz CT molecular complexity index is 2190. The summed E-state index contributed by atoms with van der Waals surface area (Å²) in [6.45, 7) is 16.8. The second-order valence-corrected chi connectivity index (χ2v) is 19.4. The molecule has 0 aliphatic carbocycles. The van der Waals surface area contributed by atoms with E-state index in [1.165, 1.54) is 6.92 Å². The number of aromatic nitrogens is 7. The van der Waals surface area contributed by atoms with Gasteiger partial charge in [-0.2, -0.15) is 0 Å². The van der Waals surface area contributed by atoms with E-state index >= 15 is 0 Å². The molecule has 1 aromatic carbocycles. The zero-order chi connectivity index (χ0) is 50.5. The van der Waals surface area contributed by atoms with Crippen molar-refractivity contribution in [2.45, 2.75) is 155 Å². The maximum absolute atomic E-state index is 14.6. The first-order valence-corrected chi connectivity index (χ1v) is 24.5. The highest BCUT2D eigenvalue weighted by atomic mass is 16.7. The van der Waals surface area contributed by atoms with Crippen LogP contribution in [0.2, 0.25) is 0 Å². The minimum absolute atomic E-state index is 0.0474. The summed E-state index contributed by atoms with van der Waals surface area (Å²) in [5.41, 5.74) is 6.89. The first-order chi connectivity index (χ1) is 32.8. The number of Topliss-reactive ketones (excluding diaryl/α,β-unsaturated/α-hetero) is 1. The van der Waals surface area contributed by atoms with Crippen LogP contribution in [0.15, 0.2) is 61.1 Å². The van der Waals surface area contributed by atoms with Gasteiger partial charge in [-0.15, -0.1) is 10.2 Å². The van der Waals surface area contributed by atoms with Crippen molar-refractivity contribution in [3.63, 3.8) is 0 Å². The lowest BCUT2D eigenvalue weighted by Crippen LogP contribution is -2.64. The van der Waals surface area contributed by atoms with Crippen LogP contribution in [0.5, 0.6) is 0 Å². The van der Waals surface area contributed by atoms with Gasteiger partial charge in [0, 0.05) is 49.1 Å². The highest BCUT2D eigenvalue weighted by Gasteiger charge is 2.49. The third-order valence-electron chi connectivity index (χ3n) is 13.7. The number of pyridine rings is 1. The van der Waals surface area contributed by atoms with E-state index in [1.807, 2.05) is 100 Å². The van der Waals surface area contributed by atoms with Gasteiger partial charge in [0.15, 0.2) is 12.1 Å². The largest absolute Gasteiger partial charge is 0.459 e. The number of nitrogens with two attached hydrogens (primary N) is 1. The van der Waals surface area contributed by atoms with Gasteiger partial charge in [-0.3, -0.25) is 19.3 Å². The second kappa shape index (κ2) is 25.4. The van der Waals surface area contributed by atoms with Crippen molar-refractivity contribution in [1.82, 2.24) is 50.5 Å². The number of ketones is 1. The molecule has 0 saturated carbocycles. The van der Waals surface area contributed by atoms with Gasteiger partial charge >= 0.3 is 5.97 Å². The monoisotopic (exact) mass is 962 g/mol. The highest BCUT2D eigenvalue weighted by molar-refractivity contribution is 6.00. The molecule has 5 rings (SSSR count). The number of nitrogens with one attached hydrogen (secondary N) is 2. The number of nitrogens with zero attached hydrogens (tertiary/aromatic N) is 8. The molecule has 1 fully saturated rings. The summed E-state index contributed by atoms with van der Waals surface area (Å²) in [6, 6.07) is 11.9. The molecule has 4 heterocycles. The zero-order valence-corrected chi connectivity index (χ0v) is 42.6. The van der Waals surface area contributed by atoms with Gasteiger partial charge in [0.25, 0.3) is 0 Å². The first kappa shape index (κ1) is 55.2. The van der Waals surface area contributed by atoms with E-state index in [0.717, 1.165) is 24.1 Å². The van der Waals surface area contributed by atoms with Crippen LogP contribution in [0.1, 0.15) is 87.5 Å². The average molecular weight is 962 g/mol. The van der Waals surface area contributed by atoms with E-state index in [9.17, 15) is 19.8 Å². The number of esters is 1. The number of ether oxygens (including phenoxy) is 4. The van der Waals surface area contributed by atoms with Crippen molar-refractivity contribution in [1.29, 1.82) is 0 Å². The normalized spacial score (nSPS) is 27.9. The summed E-state index contributed by atoms with van der Waals surface area (Å²) in [6.07, 6.45) is 3.87. The summed E-state index contributed by atoms with van der Waals surface area (Å²) >= 11 is 0. The summed E-state index contributed by atoms with van der Waals surface area (Å²) in [5, 5.41) is 48.9. The number of benzene rings is 1. The van der Waals surface area contributed by atoms with E-state index in [0.29, 0.717) is 56.0 Å². The molecule has 0 amide bonds. The third kappa shape index (κ3) is 14.4. The van der Waals surface area contributed by atoms with Crippen LogP contribution in [0.4, 0.5) is 5.69 Å². The molecule has 19 heteroatoms. The number of nitrogen functional groups attached to an aromatic ring is 1. The topological polar surface area (TPSA) is 239 Å². The number of cyclic esters (lactones) is 1. The Morgan fingerprint density at radius 2 is 1.70 bits per heavy atom. The zero-order valence-electron chi connectivity index (χ0n) is 42.6. The summed E-state index contributed by atoms with van der Waals surface area (Å²) in [5.74, 6) is -3.40. The smallest absolute Gasteiger partial charge is 0.316 e. The van der Waals surface area contributed by atoms with E-state index in [2.05, 4.69) is 43.2 Å². The molecule has 0 spiro atoms. The Balaban J connectivity index is 1.35. The van der Waals surface area contributed by atoms with Crippen molar-refractivity contribution in [2.24, 2.45) is 17.8 Å². The Hall–Kier alpha value is -4.73. The number of hydrogen-bond acceptors (Lipinski definition) is 17. The number of unbranched alkanes of at least 4 members (excludes halogenated alkanes) is 1. The van der Waals surface area contributed by atoms with E-state index in [4.69, 9.17) is 24.7 Å². The van der Waals surface area contributed by atoms with E-state index in [-0.39, 0.29) is 31.2 Å². The van der Waals surface area contributed by atoms with Gasteiger partial charge in [0.2, 0.25) is 0 Å². The average Bonchev–Trinajstić information content (AvgIpc) is 4.02. The Labute approximate surface area is 408 Å². The predicted molar refractivity (Wildman–Crippen MR) is 263 cm³/mol. The summed E-state index contributed by atoms with van der Waals surface area (Å²) in [4.78, 5) is 35.0. The third-order valence-corrected chi connectivity index (χ3v) is 13.7. The number of hydrogen-bond donors (Lipinski definition) is 5. The molecule has 0 radical (unpaired) electrons. The van der Waals surface area contributed by atoms with Crippen molar-refractivity contribution >= 4 is 17.4 Å². The van der Waals surface area contributed by atoms with Crippen LogP contribution >= 0.6 is 0 Å². The Morgan fingerprint density at radius 1 is 0.986 bits per heavy atom. The van der Waals surface area contributed by atoms with Crippen molar-refractivity contribution in [3.8, 4) is 22.6 Å². The highest BCUT2D eigenvalue weighted by Crippen LogP contribution is 2.36. The lowest BCUT2D eigenvalue weighted by atomic mass is 9.78. The fourth-order valence-corrected chi connectivity index (χ4v) is 9.64. The van der Waals surface area contributed by atoms with Crippen LogP contribution in [0.3, 0.4) is 0 Å². The minimum atomic E-state index is -1.55. The molecular weight excluding hydrogens is 883 g/mol. The summed E-state index contributed by atoms with van der Waals surface area (Å²) in [7, 11) is 5.34. The quantitative estimate of drug-likeness (QED) is 0.0272. The standard InChI is InChI=1S/C50H79N11O8/c1-12-41(59(9)10)44(63)48(67-26-25-61-31-40(56-58-61)38-21-14-15-22-52-38)69-46-33(4)43(62)34(5)47(64)68-42(13-2)50(8,65)45(35(6)54-29-32(3)28-49(46,7)66-11)53-23-16-17-24-60-30-39(55-57-60)36-19-18-20-37(51)27-36/h14-15,18-22,27,30-35,41-42,44-46,48,53-54,63,65H,12-13,16-17,23-26,28-29,51H2,1-11H3/t32-,33+,34-,35-,41?,42-,44?,45-,46-,48+,49-,50-/m1/s1. The predicted octanol–water partition coefficient (Wildman–Crippen LogP) is 4.39. The number of methoxy groups -OCH3 is 1. The molecule has 3 aromatic heterocycles. The lowest BCUT2D eigenvalue weighted by molar-refractivity contribution is -0.267. The maximum atomic E-state index is 14.6. The van der Waals surface area contributed by atoms with Gasteiger partial charge in [-0.25, -0.2) is 4.68 Å². The van der Waals surface area contributed by atoms with Crippen molar-refractivity contribution in [2.75, 3.05) is 46.6 Å². The molecule has 1 aliphatic heterocycles. The molecule has 69 heavy (non-hydrogen) atoms. The molecule has 19 nitrogen and oxygen atoms in total. The van der Waals surface area contributed by atoms with Crippen molar-refractivity contribution in [3.05, 3.63) is 61.1 Å². The SMILES string of the molecule is CCC(C(O)[C@@H](OCCn1cc(-c2ccccn2)nn1)O[C@@H]1[C@@H](C)C(=O)[C@@H](C)C(=O)O[C@H](CC)[C@@](C)(O)[C@H](NCCCCn2cc(-c3cccc(N)c3)nn2)[C@@H](C)NC[C@H](C)C[C@@]1(C)OC)N(C)C. The number of aryl methyl sites for hydroxylation is 1. The molecule has 12 atom stereocenters. The molecular formula is C50H79N11O8. The Kier molecular flexibility index (Phi) is 20.3. The summed E-state index contributed by atoms with van der Waals surface area (Å²) < 4.78 is 29.2. The number of likely N-dealkylation sites (N-methyl/N-ethyl adjacent to an activating group) is 1. The van der Waals surface area contributed by atoms with E-state index < -0.39 is 65.4 Å². The molecule has 0 bridgehead atoms. The molecule has 1 saturated heterocycles. The van der Waals surface area contributed by atoms with Crippen LogP contribution in [0.25, 0.3) is 22.6 Å². The number of carbonyl (C=O) groups excluding carboxylic acids is 2. The number of rotatable bonds is 20. The fourth-order valence-electron chi connectivity index (χ4n) is 9.64. The number of anilines is 1. The molecule has 382 valence electrons. The maximum Gasteiger partial charge on any atom is 0.316 e. The number of carbonyl (C=O) groups is 2. The molecule has 2 unspecified atom stereocenters. The van der Waals surface area contributed by atoms with Crippen LogP contribution in [-0.2, 0) is 41.6 Å². The van der Waals surface area contributed by atoms with Gasteiger partial charge in [0.05, 0.1) is 49.0 Å². The van der Waals surface area contributed by atoms with Crippen LogP contribution < -0.4 is 16.4 Å². The van der Waals surface area contributed by atoms with E-state index in [1.54, 1.807) is 38.0 Å². The molecule has 6 N–H and O–H groups in total.